The van der Waals surface area contributed by atoms with E-state index in [2.05, 4.69) is 24.0 Å². The van der Waals surface area contributed by atoms with Crippen LogP contribution in [0.3, 0.4) is 0 Å². The highest BCUT2D eigenvalue weighted by Crippen LogP contribution is 2.07. The Labute approximate surface area is 76.9 Å². The summed E-state index contributed by atoms with van der Waals surface area (Å²) in [4.78, 5) is 10.8. The zero-order valence-electron chi connectivity index (χ0n) is 7.91. The molecule has 0 aromatic carbocycles. The van der Waals surface area contributed by atoms with Crippen LogP contribution in [0.2, 0.25) is 0 Å². The highest BCUT2D eigenvalue weighted by molar-refractivity contribution is 5.12. The molecule has 1 aromatic heterocycles. The zero-order valence-corrected chi connectivity index (χ0v) is 7.91. The molecule has 0 amide bonds. The van der Waals surface area contributed by atoms with Crippen LogP contribution in [0.25, 0.3) is 0 Å². The molecule has 1 rings (SSSR count). The first-order valence-corrected chi connectivity index (χ1v) is 4.40. The van der Waals surface area contributed by atoms with E-state index >= 15 is 0 Å². The first-order chi connectivity index (χ1) is 6.22. The molecule has 0 spiro atoms. The number of H-pyrrole nitrogens is 1. The summed E-state index contributed by atoms with van der Waals surface area (Å²) in [7, 11) is 0. The Hall–Kier alpha value is -1.32. The van der Waals surface area contributed by atoms with Gasteiger partial charge >= 0.3 is 0 Å². The van der Waals surface area contributed by atoms with Crippen molar-refractivity contribution in [1.29, 1.82) is 0 Å². The molecule has 0 fully saturated rings. The fourth-order valence-electron chi connectivity index (χ4n) is 0.794. The lowest BCUT2D eigenvalue weighted by atomic mass is 10.1. The summed E-state index contributed by atoms with van der Waals surface area (Å²) in [5.74, 6) is 1.03. The average molecular weight is 182 g/mol. The summed E-state index contributed by atoms with van der Waals surface area (Å²) < 4.78 is 5.36. The molecule has 0 bridgehead atoms. The van der Waals surface area contributed by atoms with E-state index in [0.717, 1.165) is 6.42 Å². The smallest absolute Gasteiger partial charge is 0.267 e. The van der Waals surface area contributed by atoms with Crippen molar-refractivity contribution in [2.45, 2.75) is 20.3 Å². The van der Waals surface area contributed by atoms with Crippen LogP contribution < -0.4 is 10.3 Å². The molecule has 4 heteroatoms. The first kappa shape index (κ1) is 9.77. The van der Waals surface area contributed by atoms with Gasteiger partial charge in [0.15, 0.2) is 0 Å². The van der Waals surface area contributed by atoms with Crippen LogP contribution >= 0.6 is 0 Å². The third-order valence-electron chi connectivity index (χ3n) is 1.87. The molecule has 0 aliphatic carbocycles. The normalized spacial score (nSPS) is 12.5. The van der Waals surface area contributed by atoms with E-state index in [-0.39, 0.29) is 5.56 Å². The molecular weight excluding hydrogens is 168 g/mol. The summed E-state index contributed by atoms with van der Waals surface area (Å²) in [6, 6.07) is 1.40. The maximum Gasteiger partial charge on any atom is 0.267 e. The van der Waals surface area contributed by atoms with E-state index in [1.165, 1.54) is 12.3 Å². The van der Waals surface area contributed by atoms with E-state index in [9.17, 15) is 4.79 Å². The van der Waals surface area contributed by atoms with Gasteiger partial charge in [0.2, 0.25) is 0 Å². The molecule has 13 heavy (non-hydrogen) atoms. The highest BCUT2D eigenvalue weighted by Gasteiger charge is 2.00. The van der Waals surface area contributed by atoms with Crippen LogP contribution in [0.15, 0.2) is 17.1 Å². The number of hydrogen-bond donors (Lipinski definition) is 1. The van der Waals surface area contributed by atoms with Gasteiger partial charge < -0.3 is 4.74 Å². The number of nitrogens with one attached hydrogen (secondary N) is 1. The van der Waals surface area contributed by atoms with Gasteiger partial charge in [-0.1, -0.05) is 20.3 Å². The van der Waals surface area contributed by atoms with Crippen molar-refractivity contribution in [3.05, 3.63) is 22.6 Å². The first-order valence-electron chi connectivity index (χ1n) is 4.40. The molecule has 0 radical (unpaired) electrons. The van der Waals surface area contributed by atoms with Crippen LogP contribution in [0.1, 0.15) is 20.3 Å². The number of nitrogens with zero attached hydrogens (tertiary/aromatic N) is 1. The standard InChI is InChI=1S/C9H14N2O2/c1-3-7(2)6-13-8-4-9(12)11-10-5-8/h4-5,7H,3,6H2,1-2H3,(H,11,12). The molecule has 4 nitrogen and oxygen atoms in total. The Balaban J connectivity index is 2.50. The number of rotatable bonds is 4. The predicted molar refractivity (Wildman–Crippen MR) is 49.8 cm³/mol. The van der Waals surface area contributed by atoms with E-state index in [1.807, 2.05) is 0 Å². The molecule has 0 saturated carbocycles. The van der Waals surface area contributed by atoms with Crippen LogP contribution in [0.4, 0.5) is 0 Å². The lowest BCUT2D eigenvalue weighted by molar-refractivity contribution is 0.255. The SMILES string of the molecule is CCC(C)COc1cn[nH]c(=O)c1. The lowest BCUT2D eigenvalue weighted by Crippen LogP contribution is -2.11. The molecule has 72 valence electrons. The zero-order chi connectivity index (χ0) is 9.68. The number of hydrogen-bond acceptors (Lipinski definition) is 3. The molecule has 1 unspecified atom stereocenters. The van der Waals surface area contributed by atoms with Gasteiger partial charge in [0.1, 0.15) is 5.75 Å². The monoisotopic (exact) mass is 182 g/mol. The maximum absolute atomic E-state index is 10.8. The van der Waals surface area contributed by atoms with Crippen molar-refractivity contribution in [2.75, 3.05) is 6.61 Å². The van der Waals surface area contributed by atoms with Crippen molar-refractivity contribution in [1.82, 2.24) is 10.2 Å². The minimum atomic E-state index is -0.235. The molecular formula is C9H14N2O2. The Morgan fingerprint density at radius 1 is 1.69 bits per heavy atom. The summed E-state index contributed by atoms with van der Waals surface area (Å²) in [6.45, 7) is 4.83. The summed E-state index contributed by atoms with van der Waals surface area (Å²) in [5, 5.41) is 5.91. The Morgan fingerprint density at radius 3 is 3.08 bits per heavy atom. The molecule has 0 saturated heterocycles. The summed E-state index contributed by atoms with van der Waals surface area (Å²) in [6.07, 6.45) is 2.57. The average Bonchev–Trinajstić information content (AvgIpc) is 2.14. The Bertz CT molecular complexity index is 308. The molecule has 1 aromatic rings. The fourth-order valence-corrected chi connectivity index (χ4v) is 0.794. The molecule has 1 heterocycles. The summed E-state index contributed by atoms with van der Waals surface area (Å²) in [5.41, 5.74) is -0.235. The minimum Gasteiger partial charge on any atom is -0.491 e. The molecule has 0 aliphatic rings. The topological polar surface area (TPSA) is 55.0 Å². The van der Waals surface area contributed by atoms with Crippen molar-refractivity contribution >= 4 is 0 Å². The molecule has 1 N–H and O–H groups in total. The van der Waals surface area contributed by atoms with Crippen molar-refractivity contribution in [2.24, 2.45) is 5.92 Å². The fraction of sp³-hybridized carbons (Fsp3) is 0.556. The third-order valence-corrected chi connectivity index (χ3v) is 1.87. The largest absolute Gasteiger partial charge is 0.491 e. The second kappa shape index (κ2) is 4.64. The van der Waals surface area contributed by atoms with Crippen molar-refractivity contribution < 1.29 is 4.74 Å². The Kier molecular flexibility index (Phi) is 3.49. The van der Waals surface area contributed by atoms with Gasteiger partial charge in [0.25, 0.3) is 5.56 Å². The van der Waals surface area contributed by atoms with Gasteiger partial charge in [0, 0.05) is 6.07 Å². The van der Waals surface area contributed by atoms with Crippen LogP contribution in [-0.4, -0.2) is 16.8 Å². The van der Waals surface area contributed by atoms with E-state index in [0.29, 0.717) is 18.3 Å². The predicted octanol–water partition coefficient (Wildman–Crippen LogP) is 1.19. The van der Waals surface area contributed by atoms with E-state index < -0.39 is 0 Å². The van der Waals surface area contributed by atoms with Crippen LogP contribution in [-0.2, 0) is 0 Å². The quantitative estimate of drug-likeness (QED) is 0.761. The second-order valence-electron chi connectivity index (χ2n) is 3.11. The minimum absolute atomic E-state index is 0.235. The van der Waals surface area contributed by atoms with Gasteiger partial charge in [-0.2, -0.15) is 5.10 Å². The van der Waals surface area contributed by atoms with Gasteiger partial charge in [-0.05, 0) is 5.92 Å². The van der Waals surface area contributed by atoms with Gasteiger partial charge in [-0.15, -0.1) is 0 Å². The van der Waals surface area contributed by atoms with Gasteiger partial charge in [-0.25, -0.2) is 5.10 Å². The van der Waals surface area contributed by atoms with Crippen molar-refractivity contribution in [3.63, 3.8) is 0 Å². The number of aromatic nitrogens is 2. The number of ether oxygens (including phenoxy) is 1. The Morgan fingerprint density at radius 2 is 2.46 bits per heavy atom. The molecule has 0 aliphatic heterocycles. The second-order valence-corrected chi connectivity index (χ2v) is 3.11. The van der Waals surface area contributed by atoms with E-state index in [1.54, 1.807) is 0 Å². The van der Waals surface area contributed by atoms with Crippen molar-refractivity contribution in [3.8, 4) is 5.75 Å². The van der Waals surface area contributed by atoms with Gasteiger partial charge in [-0.3, -0.25) is 4.79 Å². The summed E-state index contributed by atoms with van der Waals surface area (Å²) >= 11 is 0. The highest BCUT2D eigenvalue weighted by atomic mass is 16.5. The van der Waals surface area contributed by atoms with Crippen LogP contribution in [0.5, 0.6) is 5.75 Å². The van der Waals surface area contributed by atoms with E-state index in [4.69, 9.17) is 4.74 Å². The number of aromatic amines is 1. The van der Waals surface area contributed by atoms with Crippen LogP contribution in [0, 0.1) is 5.92 Å². The lowest BCUT2D eigenvalue weighted by Gasteiger charge is -2.09. The molecule has 1 atom stereocenters. The van der Waals surface area contributed by atoms with Gasteiger partial charge in [0.05, 0.1) is 12.8 Å². The third kappa shape index (κ3) is 3.27. The maximum atomic E-state index is 10.8.